The van der Waals surface area contributed by atoms with E-state index in [9.17, 15) is 14.9 Å². The van der Waals surface area contributed by atoms with Crippen molar-refractivity contribution in [3.05, 3.63) is 85.3 Å². The third-order valence-corrected chi connectivity index (χ3v) is 5.16. The molecule has 3 aromatic rings. The molecule has 2 aromatic carbocycles. The number of nitrogens with zero attached hydrogens (tertiary/aromatic N) is 2. The Labute approximate surface area is 157 Å². The first-order valence-electron chi connectivity index (χ1n) is 8.75. The molecule has 1 heterocycles. The standard InChI is InChI=1S/C21H22N2O4/c1-13-8-9-19-17(11-20(24)27-21(19)14(13)2)12-22(4)15(3)16-6-5-7-18(10-16)23(25)26/h5-11,15H,12H2,1-4H3. The Morgan fingerprint density at radius 1 is 1.19 bits per heavy atom. The maximum Gasteiger partial charge on any atom is 0.336 e. The molecular weight excluding hydrogens is 344 g/mol. The van der Waals surface area contributed by atoms with Crippen LogP contribution in [0.1, 0.15) is 35.2 Å². The SMILES string of the molecule is Cc1ccc2c(CN(C)C(C)c3cccc([N+](=O)[O-])c3)cc(=O)oc2c1C. The normalized spacial score (nSPS) is 12.5. The summed E-state index contributed by atoms with van der Waals surface area (Å²) in [5.41, 5.74) is 4.08. The lowest BCUT2D eigenvalue weighted by atomic mass is 10.0. The Hall–Kier alpha value is -2.99. The van der Waals surface area contributed by atoms with Gasteiger partial charge in [0.1, 0.15) is 5.58 Å². The maximum atomic E-state index is 12.0. The van der Waals surface area contributed by atoms with Gasteiger partial charge in [0, 0.05) is 36.2 Å². The van der Waals surface area contributed by atoms with Crippen LogP contribution in [0, 0.1) is 24.0 Å². The molecule has 0 N–H and O–H groups in total. The number of rotatable bonds is 5. The topological polar surface area (TPSA) is 76.6 Å². The van der Waals surface area contributed by atoms with Gasteiger partial charge in [-0.25, -0.2) is 4.79 Å². The Kier molecular flexibility index (Phi) is 5.10. The molecule has 0 amide bonds. The van der Waals surface area contributed by atoms with Gasteiger partial charge in [-0.2, -0.15) is 0 Å². The summed E-state index contributed by atoms with van der Waals surface area (Å²) in [6.45, 7) is 6.44. The van der Waals surface area contributed by atoms with Gasteiger partial charge in [-0.3, -0.25) is 15.0 Å². The zero-order chi connectivity index (χ0) is 19.7. The van der Waals surface area contributed by atoms with Crippen molar-refractivity contribution in [1.82, 2.24) is 4.90 Å². The van der Waals surface area contributed by atoms with Gasteiger partial charge in [-0.05, 0) is 50.1 Å². The lowest BCUT2D eigenvalue weighted by Gasteiger charge is -2.25. The second-order valence-corrected chi connectivity index (χ2v) is 6.92. The Balaban J connectivity index is 1.95. The molecule has 0 saturated carbocycles. The van der Waals surface area contributed by atoms with E-state index in [1.807, 2.05) is 46.0 Å². The molecule has 1 aromatic heterocycles. The van der Waals surface area contributed by atoms with Gasteiger partial charge >= 0.3 is 5.63 Å². The summed E-state index contributed by atoms with van der Waals surface area (Å²) in [5.74, 6) is 0. The molecule has 0 bridgehead atoms. The monoisotopic (exact) mass is 366 g/mol. The highest BCUT2D eigenvalue weighted by molar-refractivity contribution is 5.83. The average molecular weight is 366 g/mol. The van der Waals surface area contributed by atoms with Gasteiger partial charge in [-0.1, -0.05) is 24.3 Å². The van der Waals surface area contributed by atoms with Crippen LogP contribution in [0.5, 0.6) is 0 Å². The molecule has 0 aliphatic carbocycles. The molecule has 3 rings (SSSR count). The first-order chi connectivity index (χ1) is 12.8. The number of non-ortho nitro benzene ring substituents is 1. The summed E-state index contributed by atoms with van der Waals surface area (Å²) < 4.78 is 5.43. The molecule has 0 spiro atoms. The summed E-state index contributed by atoms with van der Waals surface area (Å²) in [6.07, 6.45) is 0. The van der Waals surface area contributed by atoms with Crippen LogP contribution < -0.4 is 5.63 Å². The van der Waals surface area contributed by atoms with Gasteiger partial charge < -0.3 is 4.42 Å². The Morgan fingerprint density at radius 2 is 1.93 bits per heavy atom. The molecule has 0 fully saturated rings. The molecular formula is C21H22N2O4. The minimum atomic E-state index is -0.392. The van der Waals surface area contributed by atoms with E-state index in [1.165, 1.54) is 12.1 Å². The van der Waals surface area contributed by atoms with Crippen molar-refractivity contribution < 1.29 is 9.34 Å². The van der Waals surface area contributed by atoms with Crippen molar-refractivity contribution in [2.24, 2.45) is 0 Å². The number of fused-ring (bicyclic) bond motifs is 1. The van der Waals surface area contributed by atoms with Crippen molar-refractivity contribution in [3.8, 4) is 0 Å². The van der Waals surface area contributed by atoms with Crippen LogP contribution in [-0.2, 0) is 6.54 Å². The van der Waals surface area contributed by atoms with Crippen molar-refractivity contribution in [3.63, 3.8) is 0 Å². The van der Waals surface area contributed by atoms with Crippen LogP contribution in [0.3, 0.4) is 0 Å². The third-order valence-electron chi connectivity index (χ3n) is 5.16. The first kappa shape index (κ1) is 18.8. The quantitative estimate of drug-likeness (QED) is 0.377. The van der Waals surface area contributed by atoms with Gasteiger partial charge in [0.05, 0.1) is 4.92 Å². The zero-order valence-corrected chi connectivity index (χ0v) is 15.9. The number of hydrogen-bond acceptors (Lipinski definition) is 5. The van der Waals surface area contributed by atoms with Gasteiger partial charge in [0.2, 0.25) is 0 Å². The molecule has 0 radical (unpaired) electrons. The predicted octanol–water partition coefficient (Wildman–Crippen LogP) is 4.51. The lowest BCUT2D eigenvalue weighted by molar-refractivity contribution is -0.384. The average Bonchev–Trinajstić information content (AvgIpc) is 2.64. The van der Waals surface area contributed by atoms with E-state index < -0.39 is 4.92 Å². The van der Waals surface area contributed by atoms with Crippen molar-refractivity contribution in [2.45, 2.75) is 33.4 Å². The molecule has 6 nitrogen and oxygen atoms in total. The number of hydrogen-bond donors (Lipinski definition) is 0. The molecule has 0 aliphatic heterocycles. The van der Waals surface area contributed by atoms with E-state index in [0.717, 1.165) is 27.6 Å². The summed E-state index contributed by atoms with van der Waals surface area (Å²) >= 11 is 0. The van der Waals surface area contributed by atoms with Gasteiger partial charge in [0.15, 0.2) is 0 Å². The highest BCUT2D eigenvalue weighted by atomic mass is 16.6. The summed E-state index contributed by atoms with van der Waals surface area (Å²) in [4.78, 5) is 24.7. The van der Waals surface area contributed by atoms with E-state index in [2.05, 4.69) is 4.90 Å². The van der Waals surface area contributed by atoms with Crippen molar-refractivity contribution in [1.29, 1.82) is 0 Å². The lowest BCUT2D eigenvalue weighted by Crippen LogP contribution is -2.23. The maximum absolute atomic E-state index is 12.0. The van der Waals surface area contributed by atoms with Crippen LogP contribution in [0.4, 0.5) is 5.69 Å². The fourth-order valence-corrected chi connectivity index (χ4v) is 3.21. The predicted molar refractivity (Wildman–Crippen MR) is 105 cm³/mol. The molecule has 0 saturated heterocycles. The van der Waals surface area contributed by atoms with Crippen LogP contribution in [-0.4, -0.2) is 16.9 Å². The smallest absolute Gasteiger partial charge is 0.336 e. The summed E-state index contributed by atoms with van der Waals surface area (Å²) in [7, 11) is 1.94. The van der Waals surface area contributed by atoms with Gasteiger partial charge in [-0.15, -0.1) is 0 Å². The summed E-state index contributed by atoms with van der Waals surface area (Å²) in [6, 6.07) is 12.1. The molecule has 1 atom stereocenters. The molecule has 27 heavy (non-hydrogen) atoms. The van der Waals surface area contributed by atoms with E-state index >= 15 is 0 Å². The Morgan fingerprint density at radius 3 is 2.63 bits per heavy atom. The second-order valence-electron chi connectivity index (χ2n) is 6.92. The highest BCUT2D eigenvalue weighted by Gasteiger charge is 2.17. The largest absolute Gasteiger partial charge is 0.422 e. The molecule has 1 unspecified atom stereocenters. The van der Waals surface area contributed by atoms with Crippen LogP contribution >= 0.6 is 0 Å². The van der Waals surface area contributed by atoms with Crippen molar-refractivity contribution >= 4 is 16.7 Å². The fraction of sp³-hybridized carbons (Fsp3) is 0.286. The van der Waals surface area contributed by atoms with Gasteiger partial charge in [0.25, 0.3) is 5.69 Å². The van der Waals surface area contributed by atoms with E-state index in [4.69, 9.17) is 4.42 Å². The van der Waals surface area contributed by atoms with Crippen molar-refractivity contribution in [2.75, 3.05) is 7.05 Å². The number of aryl methyl sites for hydroxylation is 2. The number of benzene rings is 2. The van der Waals surface area contributed by atoms with Crippen LogP contribution in [0.2, 0.25) is 0 Å². The second kappa shape index (κ2) is 7.32. The molecule has 6 heteroatoms. The molecule has 140 valence electrons. The van der Waals surface area contributed by atoms with Crippen LogP contribution in [0.25, 0.3) is 11.0 Å². The minimum absolute atomic E-state index is 0.0567. The Bertz CT molecular complexity index is 1070. The van der Waals surface area contributed by atoms with E-state index in [0.29, 0.717) is 12.1 Å². The zero-order valence-electron chi connectivity index (χ0n) is 15.9. The van der Waals surface area contributed by atoms with E-state index in [1.54, 1.807) is 12.1 Å². The van der Waals surface area contributed by atoms with Crippen LogP contribution in [0.15, 0.2) is 51.7 Å². The van der Waals surface area contributed by atoms with E-state index in [-0.39, 0.29) is 17.4 Å². The minimum Gasteiger partial charge on any atom is -0.422 e. The number of nitro groups is 1. The summed E-state index contributed by atoms with van der Waals surface area (Å²) in [5, 5.41) is 11.9. The fourth-order valence-electron chi connectivity index (χ4n) is 3.21. The number of nitro benzene ring substituents is 1. The molecule has 0 aliphatic rings. The third kappa shape index (κ3) is 3.75. The first-order valence-corrected chi connectivity index (χ1v) is 8.75. The highest BCUT2D eigenvalue weighted by Crippen LogP contribution is 2.27.